The SMILES string of the molecule is C[C@H](O)CC1CC(NC(=O)c2cc(-c3ccccc3)on2)C1. The van der Waals surface area contributed by atoms with Crippen LogP contribution in [-0.2, 0) is 0 Å². The molecule has 2 N–H and O–H groups in total. The van der Waals surface area contributed by atoms with Crippen molar-refractivity contribution < 1.29 is 14.4 Å². The van der Waals surface area contributed by atoms with Crippen molar-refractivity contribution in [3.63, 3.8) is 0 Å². The number of aromatic nitrogens is 1. The molecule has 1 amide bonds. The minimum Gasteiger partial charge on any atom is -0.393 e. The molecule has 1 saturated carbocycles. The van der Waals surface area contributed by atoms with Crippen LogP contribution in [0.4, 0.5) is 0 Å². The maximum atomic E-state index is 12.1. The molecule has 0 radical (unpaired) electrons. The minimum absolute atomic E-state index is 0.174. The second kappa shape index (κ2) is 6.32. The van der Waals surface area contributed by atoms with Gasteiger partial charge in [-0.05, 0) is 32.1 Å². The third-order valence-corrected chi connectivity index (χ3v) is 4.05. The van der Waals surface area contributed by atoms with Gasteiger partial charge in [0.15, 0.2) is 11.5 Å². The molecule has 0 unspecified atom stereocenters. The van der Waals surface area contributed by atoms with E-state index in [0.29, 0.717) is 17.4 Å². The van der Waals surface area contributed by atoms with Crippen molar-refractivity contribution in [3.8, 4) is 11.3 Å². The normalized spacial score (nSPS) is 21.9. The first-order chi connectivity index (χ1) is 10.6. The molecule has 1 atom stereocenters. The number of amides is 1. The van der Waals surface area contributed by atoms with Crippen LogP contribution in [0.15, 0.2) is 40.9 Å². The van der Waals surface area contributed by atoms with E-state index in [1.54, 1.807) is 13.0 Å². The molecule has 1 aliphatic rings. The van der Waals surface area contributed by atoms with Crippen molar-refractivity contribution in [2.24, 2.45) is 5.92 Å². The lowest BCUT2D eigenvalue weighted by molar-refractivity contribution is 0.0824. The highest BCUT2D eigenvalue weighted by Gasteiger charge is 2.31. The number of rotatable bonds is 5. The van der Waals surface area contributed by atoms with Gasteiger partial charge in [-0.15, -0.1) is 0 Å². The number of hydrogen-bond donors (Lipinski definition) is 2. The zero-order chi connectivity index (χ0) is 15.5. The molecule has 1 fully saturated rings. The molecule has 3 rings (SSSR count). The predicted molar refractivity (Wildman–Crippen MR) is 82.2 cm³/mol. The van der Waals surface area contributed by atoms with Crippen LogP contribution in [0.2, 0.25) is 0 Å². The Morgan fingerprint density at radius 3 is 2.82 bits per heavy atom. The highest BCUT2D eigenvalue weighted by molar-refractivity contribution is 5.93. The van der Waals surface area contributed by atoms with Crippen LogP contribution in [-0.4, -0.2) is 28.3 Å². The van der Waals surface area contributed by atoms with Crippen molar-refractivity contribution in [2.45, 2.75) is 38.3 Å². The summed E-state index contributed by atoms with van der Waals surface area (Å²) in [4.78, 5) is 12.1. The molecule has 0 saturated heterocycles. The fraction of sp³-hybridized carbons (Fsp3) is 0.412. The first kappa shape index (κ1) is 14.8. The number of aliphatic hydroxyl groups is 1. The standard InChI is InChI=1S/C17H20N2O3/c1-11(20)7-12-8-14(9-12)18-17(21)15-10-16(22-19-15)13-5-3-2-4-6-13/h2-6,10-12,14,20H,7-9H2,1H3,(H,18,21)/t11-,12?,14?/m0/s1. The Balaban J connectivity index is 1.55. The number of carbonyl (C=O) groups is 1. The third-order valence-electron chi connectivity index (χ3n) is 4.05. The second-order valence-electron chi connectivity index (χ2n) is 6.03. The Morgan fingerprint density at radius 1 is 1.41 bits per heavy atom. The third kappa shape index (κ3) is 3.36. The monoisotopic (exact) mass is 300 g/mol. The van der Waals surface area contributed by atoms with E-state index in [1.807, 2.05) is 30.3 Å². The molecule has 1 aliphatic carbocycles. The van der Waals surface area contributed by atoms with Crippen molar-refractivity contribution in [2.75, 3.05) is 0 Å². The first-order valence-corrected chi connectivity index (χ1v) is 7.63. The topological polar surface area (TPSA) is 75.4 Å². The van der Waals surface area contributed by atoms with Gasteiger partial charge in [0.1, 0.15) is 0 Å². The van der Waals surface area contributed by atoms with Gasteiger partial charge >= 0.3 is 0 Å². The van der Waals surface area contributed by atoms with E-state index in [-0.39, 0.29) is 18.1 Å². The summed E-state index contributed by atoms with van der Waals surface area (Å²) in [6.45, 7) is 1.80. The molecule has 5 heteroatoms. The molecule has 0 spiro atoms. The Bertz CT molecular complexity index is 630. The summed E-state index contributed by atoms with van der Waals surface area (Å²) >= 11 is 0. The highest BCUT2D eigenvalue weighted by Crippen LogP contribution is 2.31. The van der Waals surface area contributed by atoms with Gasteiger partial charge in [-0.3, -0.25) is 4.79 Å². The highest BCUT2D eigenvalue weighted by atomic mass is 16.5. The average Bonchev–Trinajstić information content (AvgIpc) is 2.95. The van der Waals surface area contributed by atoms with Gasteiger partial charge in [-0.25, -0.2) is 0 Å². The van der Waals surface area contributed by atoms with Gasteiger partial charge in [-0.1, -0.05) is 35.5 Å². The molecule has 1 aromatic heterocycles. The Labute approximate surface area is 129 Å². The number of nitrogens with zero attached hydrogens (tertiary/aromatic N) is 1. The maximum Gasteiger partial charge on any atom is 0.273 e. The van der Waals surface area contributed by atoms with Gasteiger partial charge in [0.2, 0.25) is 0 Å². The van der Waals surface area contributed by atoms with Gasteiger partial charge in [0.25, 0.3) is 5.91 Å². The molecule has 116 valence electrons. The molecule has 1 heterocycles. The summed E-state index contributed by atoms with van der Waals surface area (Å²) in [5.74, 6) is 0.889. The van der Waals surface area contributed by atoms with Gasteiger partial charge in [0, 0.05) is 17.7 Å². The van der Waals surface area contributed by atoms with Crippen LogP contribution in [0.25, 0.3) is 11.3 Å². The van der Waals surface area contributed by atoms with Crippen LogP contribution >= 0.6 is 0 Å². The lowest BCUT2D eigenvalue weighted by Gasteiger charge is -2.36. The molecule has 5 nitrogen and oxygen atoms in total. The number of carbonyl (C=O) groups excluding carboxylic acids is 1. The van der Waals surface area contributed by atoms with Crippen LogP contribution < -0.4 is 5.32 Å². The number of nitrogens with one attached hydrogen (secondary N) is 1. The predicted octanol–water partition coefficient (Wildman–Crippen LogP) is 2.62. The smallest absolute Gasteiger partial charge is 0.273 e. The van der Waals surface area contributed by atoms with Crippen LogP contribution in [0.1, 0.15) is 36.7 Å². The Kier molecular flexibility index (Phi) is 4.24. The van der Waals surface area contributed by atoms with Gasteiger partial charge in [-0.2, -0.15) is 0 Å². The fourth-order valence-electron chi connectivity index (χ4n) is 2.91. The van der Waals surface area contributed by atoms with Crippen molar-refractivity contribution >= 4 is 5.91 Å². The number of aliphatic hydroxyl groups excluding tert-OH is 1. The quantitative estimate of drug-likeness (QED) is 0.890. The summed E-state index contributed by atoms with van der Waals surface area (Å²) in [5.41, 5.74) is 1.20. The van der Waals surface area contributed by atoms with E-state index < -0.39 is 0 Å². The van der Waals surface area contributed by atoms with Gasteiger partial charge in [0.05, 0.1) is 6.10 Å². The number of benzene rings is 1. The van der Waals surface area contributed by atoms with E-state index in [9.17, 15) is 9.90 Å². The van der Waals surface area contributed by atoms with Crippen LogP contribution in [0.5, 0.6) is 0 Å². The molecule has 0 bridgehead atoms. The molecule has 22 heavy (non-hydrogen) atoms. The summed E-state index contributed by atoms with van der Waals surface area (Å²) in [7, 11) is 0. The first-order valence-electron chi connectivity index (χ1n) is 7.63. The van der Waals surface area contributed by atoms with Crippen molar-refractivity contribution in [3.05, 3.63) is 42.1 Å². The summed E-state index contributed by atoms with van der Waals surface area (Å²) in [6.07, 6.45) is 2.36. The van der Waals surface area contributed by atoms with Crippen LogP contribution in [0, 0.1) is 5.92 Å². The Morgan fingerprint density at radius 2 is 2.14 bits per heavy atom. The van der Waals surface area contributed by atoms with Gasteiger partial charge < -0.3 is 14.9 Å². The number of hydrogen-bond acceptors (Lipinski definition) is 4. The molecule has 2 aromatic rings. The maximum absolute atomic E-state index is 12.1. The van der Waals surface area contributed by atoms with Crippen LogP contribution in [0.3, 0.4) is 0 Å². The average molecular weight is 300 g/mol. The molecular weight excluding hydrogens is 280 g/mol. The van der Waals surface area contributed by atoms with E-state index >= 15 is 0 Å². The Hall–Kier alpha value is -2.14. The summed E-state index contributed by atoms with van der Waals surface area (Å²) < 4.78 is 5.23. The fourth-order valence-corrected chi connectivity index (χ4v) is 2.91. The van der Waals surface area contributed by atoms with E-state index in [4.69, 9.17) is 4.52 Å². The van der Waals surface area contributed by atoms with Crippen molar-refractivity contribution in [1.29, 1.82) is 0 Å². The second-order valence-corrected chi connectivity index (χ2v) is 6.03. The zero-order valence-corrected chi connectivity index (χ0v) is 12.5. The molecular formula is C17H20N2O3. The lowest BCUT2D eigenvalue weighted by atomic mass is 9.77. The summed E-state index contributed by atoms with van der Waals surface area (Å²) in [5, 5.41) is 16.1. The minimum atomic E-state index is -0.273. The van der Waals surface area contributed by atoms with E-state index in [2.05, 4.69) is 10.5 Å². The van der Waals surface area contributed by atoms with E-state index in [1.165, 1.54) is 0 Å². The molecule has 0 aliphatic heterocycles. The summed E-state index contributed by atoms with van der Waals surface area (Å²) in [6, 6.07) is 11.4. The van der Waals surface area contributed by atoms with E-state index in [0.717, 1.165) is 24.8 Å². The zero-order valence-electron chi connectivity index (χ0n) is 12.5. The lowest BCUT2D eigenvalue weighted by Crippen LogP contribution is -2.45. The largest absolute Gasteiger partial charge is 0.393 e. The van der Waals surface area contributed by atoms with Crippen molar-refractivity contribution in [1.82, 2.24) is 10.5 Å². The molecule has 1 aromatic carbocycles.